The number of anilines is 2. The minimum Gasteiger partial charge on any atom is -0.452 e. The Hall–Kier alpha value is -3.66. The van der Waals surface area contributed by atoms with Gasteiger partial charge in [-0.25, -0.2) is 0 Å². The maximum atomic E-state index is 12.5. The molecule has 2 aromatic carbocycles. The van der Waals surface area contributed by atoms with Crippen LogP contribution in [0, 0.1) is 24.2 Å². The molecule has 2 aromatic rings. The predicted octanol–water partition coefficient (Wildman–Crippen LogP) is 2.79. The van der Waals surface area contributed by atoms with Crippen LogP contribution in [0.3, 0.4) is 0 Å². The van der Waals surface area contributed by atoms with E-state index in [9.17, 15) is 14.4 Å². The Morgan fingerprint density at radius 1 is 1.21 bits per heavy atom. The van der Waals surface area contributed by atoms with Gasteiger partial charge in [0.25, 0.3) is 5.91 Å². The third-order valence-electron chi connectivity index (χ3n) is 4.77. The fraction of sp³-hybridized carbons (Fsp3) is 0.273. The van der Waals surface area contributed by atoms with Crippen molar-refractivity contribution in [2.24, 2.45) is 5.92 Å². The molecule has 0 bridgehead atoms. The molecule has 1 heterocycles. The summed E-state index contributed by atoms with van der Waals surface area (Å²) in [7, 11) is 0. The van der Waals surface area contributed by atoms with Crippen molar-refractivity contribution in [1.29, 1.82) is 5.26 Å². The normalized spacial score (nSPS) is 16.8. The molecular formula is C22H21N3O4. The summed E-state index contributed by atoms with van der Waals surface area (Å²) < 4.78 is 5.28. The van der Waals surface area contributed by atoms with Crippen molar-refractivity contribution in [2.75, 3.05) is 16.8 Å². The van der Waals surface area contributed by atoms with Gasteiger partial charge in [0.2, 0.25) is 5.91 Å². The van der Waals surface area contributed by atoms with Crippen LogP contribution in [0.4, 0.5) is 11.4 Å². The Morgan fingerprint density at radius 3 is 2.59 bits per heavy atom. The predicted molar refractivity (Wildman–Crippen MR) is 107 cm³/mol. The maximum absolute atomic E-state index is 12.5. The number of aryl methyl sites for hydroxylation is 1. The zero-order valence-electron chi connectivity index (χ0n) is 16.2. The molecule has 2 amide bonds. The number of nitrogens with zero attached hydrogens (tertiary/aromatic N) is 2. The summed E-state index contributed by atoms with van der Waals surface area (Å²) in [6.45, 7) is 3.63. The molecule has 1 saturated heterocycles. The van der Waals surface area contributed by atoms with Gasteiger partial charge in [-0.15, -0.1) is 0 Å². The number of carbonyl (C=O) groups is 3. The van der Waals surface area contributed by atoms with Crippen LogP contribution < -0.4 is 10.2 Å². The third kappa shape index (κ3) is 4.61. The van der Waals surface area contributed by atoms with Crippen molar-refractivity contribution in [3.8, 4) is 6.07 Å². The number of hydrogen-bond donors (Lipinski definition) is 1. The molecule has 1 N–H and O–H groups in total. The van der Waals surface area contributed by atoms with Crippen molar-refractivity contribution >= 4 is 29.2 Å². The highest BCUT2D eigenvalue weighted by Gasteiger charge is 2.37. The first-order valence-electron chi connectivity index (χ1n) is 9.26. The minimum absolute atomic E-state index is 0.0400. The van der Waals surface area contributed by atoms with Crippen LogP contribution in [0.15, 0.2) is 48.5 Å². The van der Waals surface area contributed by atoms with Gasteiger partial charge >= 0.3 is 5.97 Å². The van der Waals surface area contributed by atoms with Crippen LogP contribution >= 0.6 is 0 Å². The lowest BCUT2D eigenvalue weighted by Gasteiger charge is -2.18. The summed E-state index contributed by atoms with van der Waals surface area (Å²) in [6.07, 6.45) is -1.02. The van der Waals surface area contributed by atoms with Gasteiger partial charge in [-0.3, -0.25) is 14.4 Å². The summed E-state index contributed by atoms with van der Waals surface area (Å²) in [6, 6.07) is 16.0. The van der Waals surface area contributed by atoms with Crippen molar-refractivity contribution < 1.29 is 19.1 Å². The minimum atomic E-state index is -1.06. The lowest BCUT2D eigenvalue weighted by atomic mass is 10.1. The molecule has 2 atom stereocenters. The average molecular weight is 391 g/mol. The molecule has 1 aliphatic heterocycles. The van der Waals surface area contributed by atoms with Crippen LogP contribution in [-0.2, 0) is 19.1 Å². The highest BCUT2D eigenvalue weighted by molar-refractivity contribution is 6.00. The van der Waals surface area contributed by atoms with E-state index >= 15 is 0 Å². The van der Waals surface area contributed by atoms with Crippen LogP contribution in [0.25, 0.3) is 0 Å². The number of rotatable bonds is 5. The van der Waals surface area contributed by atoms with Crippen LogP contribution in [0.2, 0.25) is 0 Å². The molecule has 1 fully saturated rings. The van der Waals surface area contributed by atoms with Gasteiger partial charge in [-0.1, -0.05) is 29.8 Å². The molecule has 0 radical (unpaired) electrons. The summed E-state index contributed by atoms with van der Waals surface area (Å²) in [5.41, 5.74) is 2.47. The molecule has 7 nitrogen and oxygen atoms in total. The van der Waals surface area contributed by atoms with E-state index in [2.05, 4.69) is 5.32 Å². The first-order valence-corrected chi connectivity index (χ1v) is 9.26. The van der Waals surface area contributed by atoms with Gasteiger partial charge in [0.05, 0.1) is 17.2 Å². The Morgan fingerprint density at radius 2 is 1.90 bits per heavy atom. The maximum Gasteiger partial charge on any atom is 0.312 e. The molecule has 0 saturated carbocycles. The second-order valence-electron chi connectivity index (χ2n) is 6.97. The monoisotopic (exact) mass is 391 g/mol. The lowest BCUT2D eigenvalue weighted by molar-refractivity contribution is -0.157. The quantitative estimate of drug-likeness (QED) is 0.790. The number of nitrogens with one attached hydrogen (secondary N) is 1. The number of ether oxygens (including phenoxy) is 1. The zero-order valence-corrected chi connectivity index (χ0v) is 16.2. The number of nitriles is 1. The number of carbonyl (C=O) groups excluding carboxylic acids is 3. The molecule has 7 heteroatoms. The number of hydrogen-bond acceptors (Lipinski definition) is 5. The smallest absolute Gasteiger partial charge is 0.312 e. The highest BCUT2D eigenvalue weighted by Crippen LogP contribution is 2.26. The molecule has 3 rings (SSSR count). The lowest BCUT2D eigenvalue weighted by Crippen LogP contribution is -2.33. The first kappa shape index (κ1) is 20.1. The molecular weight excluding hydrogens is 370 g/mol. The molecule has 0 unspecified atom stereocenters. The van der Waals surface area contributed by atoms with E-state index in [0.29, 0.717) is 11.3 Å². The van der Waals surface area contributed by atoms with E-state index in [0.717, 1.165) is 11.3 Å². The van der Waals surface area contributed by atoms with Gasteiger partial charge in [-0.2, -0.15) is 5.26 Å². The molecule has 0 aliphatic carbocycles. The van der Waals surface area contributed by atoms with Gasteiger partial charge in [0.1, 0.15) is 6.07 Å². The topological polar surface area (TPSA) is 99.5 Å². The summed E-state index contributed by atoms with van der Waals surface area (Å²) in [5.74, 6) is -1.92. The Kier molecular flexibility index (Phi) is 5.93. The average Bonchev–Trinajstić information content (AvgIpc) is 3.10. The summed E-state index contributed by atoms with van der Waals surface area (Å²) in [4.78, 5) is 38.7. The van der Waals surface area contributed by atoms with Gasteiger partial charge in [0.15, 0.2) is 6.10 Å². The summed E-state index contributed by atoms with van der Waals surface area (Å²) in [5, 5.41) is 11.7. The highest BCUT2D eigenvalue weighted by atomic mass is 16.5. The number of amides is 2. The number of para-hydroxylation sites is 1. The first-order chi connectivity index (χ1) is 13.9. The van der Waals surface area contributed by atoms with E-state index < -0.39 is 23.9 Å². The van der Waals surface area contributed by atoms with E-state index in [4.69, 9.17) is 10.00 Å². The fourth-order valence-electron chi connectivity index (χ4n) is 3.09. The number of benzene rings is 2. The molecule has 0 spiro atoms. The van der Waals surface area contributed by atoms with Crippen LogP contribution in [-0.4, -0.2) is 30.4 Å². The zero-order chi connectivity index (χ0) is 21.0. The SMILES string of the molecule is Cc1ccc(N2C[C@H](C(=O)O[C@H](C)C(=O)Nc3ccccc3C#N)CC2=O)cc1. The number of esters is 1. The molecule has 1 aliphatic rings. The second kappa shape index (κ2) is 8.57. The second-order valence-corrected chi connectivity index (χ2v) is 6.97. The Labute approximate surface area is 168 Å². The van der Waals surface area contributed by atoms with Crippen molar-refractivity contribution in [2.45, 2.75) is 26.4 Å². The Bertz CT molecular complexity index is 978. The van der Waals surface area contributed by atoms with E-state index in [1.54, 1.807) is 29.2 Å². The largest absolute Gasteiger partial charge is 0.452 e. The van der Waals surface area contributed by atoms with Crippen molar-refractivity contribution in [1.82, 2.24) is 0 Å². The third-order valence-corrected chi connectivity index (χ3v) is 4.77. The van der Waals surface area contributed by atoms with Crippen molar-refractivity contribution in [3.63, 3.8) is 0 Å². The van der Waals surface area contributed by atoms with Gasteiger partial charge < -0.3 is 15.0 Å². The van der Waals surface area contributed by atoms with Crippen molar-refractivity contribution in [3.05, 3.63) is 59.7 Å². The Balaban J connectivity index is 1.59. The van der Waals surface area contributed by atoms with Gasteiger partial charge in [-0.05, 0) is 38.1 Å². The van der Waals surface area contributed by atoms with E-state index in [-0.39, 0.29) is 18.9 Å². The molecule has 148 valence electrons. The van der Waals surface area contributed by atoms with E-state index in [1.165, 1.54) is 6.92 Å². The van der Waals surface area contributed by atoms with Gasteiger partial charge in [0, 0.05) is 18.7 Å². The standard InChI is InChI=1S/C22H21N3O4/c1-14-7-9-18(10-8-14)25-13-17(11-20(25)26)22(28)29-15(2)21(27)24-19-6-4-3-5-16(19)12-23/h3-10,15,17H,11,13H2,1-2H3,(H,24,27)/t15-,17-/m1/s1. The summed E-state index contributed by atoms with van der Waals surface area (Å²) >= 11 is 0. The van der Waals surface area contributed by atoms with Crippen LogP contribution in [0.5, 0.6) is 0 Å². The fourth-order valence-corrected chi connectivity index (χ4v) is 3.09. The van der Waals surface area contributed by atoms with E-state index in [1.807, 2.05) is 37.3 Å². The van der Waals surface area contributed by atoms with Crippen LogP contribution in [0.1, 0.15) is 24.5 Å². The molecule has 0 aromatic heterocycles. The molecule has 29 heavy (non-hydrogen) atoms.